The van der Waals surface area contributed by atoms with E-state index >= 15 is 0 Å². The molecule has 2 saturated heterocycles. The first-order chi connectivity index (χ1) is 15.1. The second kappa shape index (κ2) is 7.90. The van der Waals surface area contributed by atoms with Crippen LogP contribution in [-0.2, 0) is 16.1 Å². The van der Waals surface area contributed by atoms with Crippen LogP contribution in [0.5, 0.6) is 0 Å². The molecule has 162 valence electrons. The van der Waals surface area contributed by atoms with Crippen molar-refractivity contribution in [3.63, 3.8) is 0 Å². The van der Waals surface area contributed by atoms with E-state index in [1.54, 1.807) is 29.4 Å². The Morgan fingerprint density at radius 3 is 2.42 bits per heavy atom. The number of benzene rings is 1. The van der Waals surface area contributed by atoms with Crippen LogP contribution >= 0.6 is 0 Å². The van der Waals surface area contributed by atoms with Gasteiger partial charge in [0.2, 0.25) is 5.91 Å². The van der Waals surface area contributed by atoms with Gasteiger partial charge in [-0.1, -0.05) is 31.4 Å². The quantitative estimate of drug-likeness (QED) is 0.755. The van der Waals surface area contributed by atoms with Gasteiger partial charge in [-0.15, -0.1) is 0 Å². The number of hydrogen-bond acceptors (Lipinski definition) is 5. The first-order valence-corrected chi connectivity index (χ1v) is 10.9. The fraction of sp³-hybridized carbons (Fsp3) is 0.478. The highest BCUT2D eigenvalue weighted by atomic mass is 19.1. The molecule has 7 nitrogen and oxygen atoms in total. The minimum atomic E-state index is -0.898. The molecule has 0 radical (unpaired) electrons. The van der Waals surface area contributed by atoms with Crippen molar-refractivity contribution in [3.8, 4) is 0 Å². The molecule has 1 aromatic heterocycles. The van der Waals surface area contributed by atoms with E-state index in [9.17, 15) is 14.0 Å². The second-order valence-corrected chi connectivity index (χ2v) is 8.82. The van der Waals surface area contributed by atoms with Gasteiger partial charge in [-0.25, -0.2) is 4.39 Å². The predicted octanol–water partition coefficient (Wildman–Crippen LogP) is 2.38. The molecule has 2 aliphatic heterocycles. The lowest BCUT2D eigenvalue weighted by atomic mass is 9.81. The maximum atomic E-state index is 13.8. The number of piperazine rings is 1. The van der Waals surface area contributed by atoms with Crippen molar-refractivity contribution in [2.75, 3.05) is 24.5 Å². The monoisotopic (exact) mass is 423 g/mol. The molecule has 1 aromatic carbocycles. The van der Waals surface area contributed by atoms with Crippen LogP contribution in [0, 0.1) is 5.82 Å². The van der Waals surface area contributed by atoms with E-state index in [1.165, 1.54) is 18.6 Å². The highest BCUT2D eigenvalue weighted by Crippen LogP contribution is 2.39. The van der Waals surface area contributed by atoms with E-state index in [2.05, 4.69) is 15.1 Å². The van der Waals surface area contributed by atoms with Gasteiger partial charge in [0, 0.05) is 12.6 Å². The zero-order valence-electron chi connectivity index (χ0n) is 17.4. The summed E-state index contributed by atoms with van der Waals surface area (Å²) in [5, 5.41) is 7.76. The van der Waals surface area contributed by atoms with E-state index in [0.717, 1.165) is 36.9 Å². The molecule has 0 N–H and O–H groups in total. The van der Waals surface area contributed by atoms with Gasteiger partial charge in [0.1, 0.15) is 12.4 Å². The lowest BCUT2D eigenvalue weighted by Gasteiger charge is -2.59. The molecular formula is C23H26FN5O2. The summed E-state index contributed by atoms with van der Waals surface area (Å²) in [5.41, 5.74) is 0.805. The Hall–Kier alpha value is -3.03. The Labute approximate surface area is 180 Å². The summed E-state index contributed by atoms with van der Waals surface area (Å²) in [6.07, 6.45) is 8.62. The van der Waals surface area contributed by atoms with Crippen molar-refractivity contribution in [1.29, 1.82) is 0 Å². The van der Waals surface area contributed by atoms with Crippen LogP contribution in [0.3, 0.4) is 0 Å². The van der Waals surface area contributed by atoms with Crippen molar-refractivity contribution in [3.05, 3.63) is 54.1 Å². The number of aromatic nitrogens is 2. The molecule has 0 unspecified atom stereocenters. The molecule has 2 aromatic rings. The Bertz CT molecular complexity index is 956. The first-order valence-electron chi connectivity index (χ1n) is 10.9. The average Bonchev–Trinajstić information content (AvgIpc) is 2.77. The summed E-state index contributed by atoms with van der Waals surface area (Å²) >= 11 is 0. The van der Waals surface area contributed by atoms with Crippen molar-refractivity contribution in [2.24, 2.45) is 0 Å². The highest BCUT2D eigenvalue weighted by molar-refractivity contribution is 6.00. The van der Waals surface area contributed by atoms with Crippen molar-refractivity contribution < 1.29 is 14.0 Å². The first kappa shape index (κ1) is 19.9. The van der Waals surface area contributed by atoms with Gasteiger partial charge < -0.3 is 14.7 Å². The molecule has 1 aliphatic carbocycles. The number of hydrogen-bond donors (Lipinski definition) is 0. The van der Waals surface area contributed by atoms with Crippen LogP contribution in [0.2, 0.25) is 0 Å². The van der Waals surface area contributed by atoms with Gasteiger partial charge in [0.05, 0.1) is 31.2 Å². The molecule has 8 heteroatoms. The normalized spacial score (nSPS) is 21.5. The smallest absolute Gasteiger partial charge is 0.252 e. The van der Waals surface area contributed by atoms with Crippen LogP contribution in [-0.4, -0.2) is 63.0 Å². The zero-order valence-corrected chi connectivity index (χ0v) is 17.4. The number of nitrogens with zero attached hydrogens (tertiary/aromatic N) is 5. The SMILES string of the molecule is O=C1CN(C2CCCCC2)C(=O)C2(CN(c3ccnnc3)C2)N1Cc1ccc(F)cc1. The Morgan fingerprint density at radius 1 is 1.00 bits per heavy atom. The Kier molecular flexibility index (Phi) is 5.08. The largest absolute Gasteiger partial charge is 0.364 e. The number of anilines is 1. The van der Waals surface area contributed by atoms with Crippen LogP contribution < -0.4 is 4.90 Å². The lowest BCUT2D eigenvalue weighted by molar-refractivity contribution is -0.171. The van der Waals surface area contributed by atoms with Crippen LogP contribution in [0.4, 0.5) is 10.1 Å². The third-order valence-electron chi connectivity index (χ3n) is 6.89. The molecular weight excluding hydrogens is 397 g/mol. The summed E-state index contributed by atoms with van der Waals surface area (Å²) in [6.45, 7) is 1.27. The number of halogens is 1. The maximum absolute atomic E-state index is 13.8. The molecule has 2 amide bonds. The van der Waals surface area contributed by atoms with E-state index in [-0.39, 0.29) is 30.2 Å². The van der Waals surface area contributed by atoms with Gasteiger partial charge in [-0.3, -0.25) is 9.59 Å². The third kappa shape index (κ3) is 3.54. The lowest BCUT2D eigenvalue weighted by Crippen LogP contribution is -2.81. The minimum Gasteiger partial charge on any atom is -0.364 e. The predicted molar refractivity (Wildman–Crippen MR) is 113 cm³/mol. The molecule has 3 heterocycles. The molecule has 5 rings (SSSR count). The van der Waals surface area contributed by atoms with E-state index in [0.29, 0.717) is 19.6 Å². The highest BCUT2D eigenvalue weighted by Gasteiger charge is 2.60. The zero-order chi connectivity index (χ0) is 21.4. The molecule has 0 atom stereocenters. The van der Waals surface area contributed by atoms with E-state index in [4.69, 9.17) is 0 Å². The summed E-state index contributed by atoms with van der Waals surface area (Å²) in [6, 6.07) is 8.14. The number of amides is 2. The standard InChI is InChI=1S/C23H26FN5O2/c24-18-8-6-17(7-9-18)13-29-21(30)14-28(19-4-2-1-3-5-19)22(31)23(29)15-27(16-23)20-10-11-25-26-12-20/h6-12,19H,1-5,13-16H2. The maximum Gasteiger partial charge on any atom is 0.252 e. The van der Waals surface area contributed by atoms with Gasteiger partial charge in [-0.2, -0.15) is 10.2 Å². The number of carbonyl (C=O) groups is 2. The fourth-order valence-corrected chi connectivity index (χ4v) is 5.17. The van der Waals surface area contributed by atoms with Gasteiger partial charge >= 0.3 is 0 Å². The van der Waals surface area contributed by atoms with Gasteiger partial charge in [-0.05, 0) is 36.6 Å². The molecule has 1 spiro atoms. The van der Waals surface area contributed by atoms with Crippen LogP contribution in [0.15, 0.2) is 42.7 Å². The molecule has 31 heavy (non-hydrogen) atoms. The summed E-state index contributed by atoms with van der Waals surface area (Å²) < 4.78 is 13.4. The fourth-order valence-electron chi connectivity index (χ4n) is 5.17. The van der Waals surface area contributed by atoms with E-state index < -0.39 is 5.54 Å². The van der Waals surface area contributed by atoms with Crippen molar-refractivity contribution in [1.82, 2.24) is 20.0 Å². The Morgan fingerprint density at radius 2 is 1.74 bits per heavy atom. The number of rotatable bonds is 4. The van der Waals surface area contributed by atoms with Crippen LogP contribution in [0.25, 0.3) is 0 Å². The topological polar surface area (TPSA) is 69.6 Å². The van der Waals surface area contributed by atoms with Gasteiger partial charge in [0.25, 0.3) is 5.91 Å². The van der Waals surface area contributed by atoms with Crippen molar-refractivity contribution in [2.45, 2.75) is 50.2 Å². The average molecular weight is 423 g/mol. The summed E-state index contributed by atoms with van der Waals surface area (Å²) in [4.78, 5) is 32.8. The van der Waals surface area contributed by atoms with Crippen LogP contribution in [0.1, 0.15) is 37.7 Å². The number of carbonyl (C=O) groups excluding carboxylic acids is 2. The third-order valence-corrected chi connectivity index (χ3v) is 6.89. The Balaban J connectivity index is 1.44. The molecule has 1 saturated carbocycles. The molecule has 0 bridgehead atoms. The van der Waals surface area contributed by atoms with E-state index in [1.807, 2.05) is 11.0 Å². The summed E-state index contributed by atoms with van der Waals surface area (Å²) in [5.74, 6) is -0.315. The van der Waals surface area contributed by atoms with Crippen molar-refractivity contribution >= 4 is 17.5 Å². The molecule has 3 aliphatic rings. The minimum absolute atomic E-state index is 0.0398. The summed E-state index contributed by atoms with van der Waals surface area (Å²) in [7, 11) is 0. The molecule has 3 fully saturated rings. The second-order valence-electron chi connectivity index (χ2n) is 8.82. The van der Waals surface area contributed by atoms with Gasteiger partial charge in [0.15, 0.2) is 5.54 Å².